The fourth-order valence-electron chi connectivity index (χ4n) is 9.28. The molecule has 0 saturated heterocycles. The van der Waals surface area contributed by atoms with Crippen LogP contribution < -0.4 is 0 Å². The molecule has 0 bridgehead atoms. The minimum Gasteiger partial charge on any atom is -0.456 e. The number of nitrogens with zero attached hydrogens (tertiary/aromatic N) is 4. The van der Waals surface area contributed by atoms with Crippen LogP contribution >= 0.6 is 0 Å². The van der Waals surface area contributed by atoms with E-state index in [1.807, 2.05) is 6.07 Å². The smallest absolute Gasteiger partial charge is 0.165 e. The molecule has 0 fully saturated rings. The highest BCUT2D eigenvalue weighted by atomic mass is 16.3. The van der Waals surface area contributed by atoms with Crippen LogP contribution in [0.15, 0.2) is 162 Å². The monoisotopic (exact) mass is 674 g/mol. The van der Waals surface area contributed by atoms with Crippen LogP contribution in [-0.2, 0) is 0 Å². The molecule has 0 atom stereocenters. The molecule has 0 N–H and O–H groups in total. The summed E-state index contributed by atoms with van der Waals surface area (Å²) in [6.07, 6.45) is 0. The highest BCUT2D eigenvalue weighted by Gasteiger charge is 2.27. The second kappa shape index (κ2) is 9.75. The average molecular weight is 675 g/mol. The lowest BCUT2D eigenvalue weighted by atomic mass is 9.99. The summed E-state index contributed by atoms with van der Waals surface area (Å²) in [7, 11) is 0. The average Bonchev–Trinajstić information content (AvgIpc) is 3.84. The SMILES string of the molecule is c1ccc(-c2nc3ccc4ccccc4c3nc2-n2c3cc4oc5ccccc5c4c4c5cccc6c7ccccc7n(c7cccc2c7c43)c65)cc1. The van der Waals surface area contributed by atoms with Crippen molar-refractivity contribution in [3.05, 3.63) is 158 Å². The number of para-hydroxylation sites is 3. The summed E-state index contributed by atoms with van der Waals surface area (Å²) in [5.41, 5.74) is 11.0. The molecule has 0 aliphatic rings. The van der Waals surface area contributed by atoms with E-state index in [0.29, 0.717) is 0 Å². The number of benzene rings is 8. The summed E-state index contributed by atoms with van der Waals surface area (Å²) in [5, 5.41) is 11.7. The maximum Gasteiger partial charge on any atom is 0.165 e. The molecule has 0 spiro atoms. The summed E-state index contributed by atoms with van der Waals surface area (Å²) in [6, 6.07) is 56.1. The predicted octanol–water partition coefficient (Wildman–Crippen LogP) is 12.6. The number of rotatable bonds is 2. The maximum atomic E-state index is 6.78. The van der Waals surface area contributed by atoms with Gasteiger partial charge in [0.2, 0.25) is 0 Å². The van der Waals surface area contributed by atoms with Gasteiger partial charge in [0, 0.05) is 60.1 Å². The molecule has 5 aromatic heterocycles. The number of aromatic nitrogens is 4. The van der Waals surface area contributed by atoms with Crippen molar-refractivity contribution in [2.24, 2.45) is 0 Å². The third kappa shape index (κ3) is 3.42. The van der Waals surface area contributed by atoms with Gasteiger partial charge in [-0.1, -0.05) is 121 Å². The Morgan fingerprint density at radius 3 is 2.08 bits per heavy atom. The van der Waals surface area contributed by atoms with E-state index in [1.165, 1.54) is 43.4 Å². The van der Waals surface area contributed by atoms with Gasteiger partial charge in [0.25, 0.3) is 0 Å². The van der Waals surface area contributed by atoms with Gasteiger partial charge in [0.05, 0.1) is 38.6 Å². The number of furan rings is 1. The van der Waals surface area contributed by atoms with Gasteiger partial charge in [-0.2, -0.15) is 0 Å². The lowest BCUT2D eigenvalue weighted by molar-refractivity contribution is 0.669. The maximum absolute atomic E-state index is 6.78. The van der Waals surface area contributed by atoms with E-state index in [2.05, 4.69) is 161 Å². The lowest BCUT2D eigenvalue weighted by Crippen LogP contribution is -2.04. The van der Waals surface area contributed by atoms with Crippen LogP contribution in [0.4, 0.5) is 0 Å². The van der Waals surface area contributed by atoms with Gasteiger partial charge < -0.3 is 8.82 Å². The number of fused-ring (bicyclic) bond motifs is 12. The summed E-state index contributed by atoms with van der Waals surface area (Å²) in [4.78, 5) is 11.1. The molecule has 0 aliphatic carbocycles. The molecular formula is C48H26N4O. The van der Waals surface area contributed by atoms with Crippen molar-refractivity contribution in [3.63, 3.8) is 0 Å². The van der Waals surface area contributed by atoms with E-state index < -0.39 is 0 Å². The second-order valence-electron chi connectivity index (χ2n) is 14.1. The van der Waals surface area contributed by atoms with E-state index in [9.17, 15) is 0 Å². The van der Waals surface area contributed by atoms with Crippen molar-refractivity contribution in [1.82, 2.24) is 18.9 Å². The second-order valence-corrected chi connectivity index (χ2v) is 14.1. The van der Waals surface area contributed by atoms with Crippen molar-refractivity contribution in [3.8, 4) is 17.1 Å². The number of hydrogen-bond acceptors (Lipinski definition) is 3. The fraction of sp³-hybridized carbons (Fsp3) is 0. The van der Waals surface area contributed by atoms with Crippen LogP contribution in [0.5, 0.6) is 0 Å². The molecular weight excluding hydrogens is 649 g/mol. The van der Waals surface area contributed by atoms with Gasteiger partial charge in [-0.15, -0.1) is 0 Å². The van der Waals surface area contributed by atoms with E-state index in [4.69, 9.17) is 14.4 Å². The van der Waals surface area contributed by atoms with Gasteiger partial charge in [-0.25, -0.2) is 9.97 Å². The molecule has 13 aromatic rings. The standard InChI is InChI=1S/C48H26N4O/c1-2-13-28(14-3-1)45-48(50-46-29-15-5-4-12-27(29)24-25-34(46)49-45)52-37-22-11-21-36-43(37)44-38(52)26-40-41(32-17-7-9-23-39(32)53-40)42(44)33-19-10-18-31-30-16-6-8-20-35(30)51(36)47(31)33/h1-26H. The van der Waals surface area contributed by atoms with Gasteiger partial charge in [-0.3, -0.25) is 4.57 Å². The first-order valence-corrected chi connectivity index (χ1v) is 18.0. The molecule has 244 valence electrons. The van der Waals surface area contributed by atoms with Crippen molar-refractivity contribution < 1.29 is 4.42 Å². The fourth-order valence-corrected chi connectivity index (χ4v) is 9.28. The Kier molecular flexibility index (Phi) is 5.06. The van der Waals surface area contributed by atoms with Crippen molar-refractivity contribution in [2.45, 2.75) is 0 Å². The van der Waals surface area contributed by atoms with Crippen molar-refractivity contribution >= 4 is 104 Å². The Hall–Kier alpha value is -7.24. The van der Waals surface area contributed by atoms with E-state index in [1.54, 1.807) is 0 Å². The quantitative estimate of drug-likeness (QED) is 0.172. The van der Waals surface area contributed by atoms with Crippen LogP contribution in [0.1, 0.15) is 0 Å². The zero-order valence-corrected chi connectivity index (χ0v) is 28.2. The molecule has 0 radical (unpaired) electrons. The molecule has 5 heterocycles. The molecule has 0 saturated carbocycles. The van der Waals surface area contributed by atoms with Crippen molar-refractivity contribution in [1.29, 1.82) is 0 Å². The minimum atomic E-state index is 0.787. The Labute approximate surface area is 300 Å². The Bertz CT molecular complexity index is 3680. The Morgan fingerprint density at radius 1 is 0.434 bits per heavy atom. The Morgan fingerprint density at radius 2 is 1.15 bits per heavy atom. The van der Waals surface area contributed by atoms with E-state index >= 15 is 0 Å². The van der Waals surface area contributed by atoms with Gasteiger partial charge in [0.1, 0.15) is 16.9 Å². The van der Waals surface area contributed by atoms with Crippen LogP contribution in [0.25, 0.3) is 121 Å². The van der Waals surface area contributed by atoms with Crippen LogP contribution in [-0.4, -0.2) is 18.9 Å². The number of hydrogen-bond donors (Lipinski definition) is 0. The van der Waals surface area contributed by atoms with Crippen LogP contribution in [0.3, 0.4) is 0 Å². The van der Waals surface area contributed by atoms with E-state index in [0.717, 1.165) is 77.4 Å². The van der Waals surface area contributed by atoms with Crippen LogP contribution in [0, 0.1) is 0 Å². The third-order valence-corrected chi connectivity index (χ3v) is 11.4. The summed E-state index contributed by atoms with van der Waals surface area (Å²) >= 11 is 0. The summed E-state index contributed by atoms with van der Waals surface area (Å²) < 4.78 is 11.6. The summed E-state index contributed by atoms with van der Waals surface area (Å²) in [5.74, 6) is 0.787. The minimum absolute atomic E-state index is 0.787. The molecule has 5 heteroatoms. The zero-order valence-electron chi connectivity index (χ0n) is 28.2. The van der Waals surface area contributed by atoms with Gasteiger partial charge >= 0.3 is 0 Å². The van der Waals surface area contributed by atoms with Gasteiger partial charge in [0.15, 0.2) is 5.82 Å². The largest absolute Gasteiger partial charge is 0.456 e. The van der Waals surface area contributed by atoms with Crippen molar-refractivity contribution in [2.75, 3.05) is 0 Å². The normalized spacial score (nSPS) is 12.5. The highest BCUT2D eigenvalue weighted by molar-refractivity contribution is 6.39. The molecule has 0 unspecified atom stereocenters. The van der Waals surface area contributed by atoms with Crippen LogP contribution in [0.2, 0.25) is 0 Å². The predicted molar refractivity (Wildman–Crippen MR) is 219 cm³/mol. The van der Waals surface area contributed by atoms with E-state index in [-0.39, 0.29) is 0 Å². The zero-order chi connectivity index (χ0) is 34.4. The summed E-state index contributed by atoms with van der Waals surface area (Å²) in [6.45, 7) is 0. The van der Waals surface area contributed by atoms with Gasteiger partial charge in [-0.05, 0) is 35.7 Å². The first-order chi connectivity index (χ1) is 26.3. The molecule has 13 rings (SSSR count). The molecule has 8 aromatic carbocycles. The molecule has 0 aliphatic heterocycles. The lowest BCUT2D eigenvalue weighted by Gasteiger charge is -2.15. The Balaban J connectivity index is 1.35. The highest BCUT2D eigenvalue weighted by Crippen LogP contribution is 2.49. The topological polar surface area (TPSA) is 48.3 Å². The molecule has 5 nitrogen and oxygen atoms in total. The molecule has 53 heavy (non-hydrogen) atoms. The molecule has 0 amide bonds. The first-order valence-electron chi connectivity index (χ1n) is 18.0. The third-order valence-electron chi connectivity index (χ3n) is 11.4. The first kappa shape index (κ1) is 27.5.